The molecule has 0 aliphatic carbocycles. The van der Waals surface area contributed by atoms with E-state index in [9.17, 15) is 9.59 Å². The molecule has 2 heterocycles. The molecule has 1 aliphatic rings. The maximum Gasteiger partial charge on any atom is 0.246 e. The lowest BCUT2D eigenvalue weighted by Gasteiger charge is -2.31. The van der Waals surface area contributed by atoms with Gasteiger partial charge in [-0.1, -0.05) is 72.7 Å². The number of allylic oxidation sites excluding steroid dienone is 1. The summed E-state index contributed by atoms with van der Waals surface area (Å²) >= 11 is 0. The van der Waals surface area contributed by atoms with Crippen LogP contribution in [0, 0.1) is 0 Å². The van der Waals surface area contributed by atoms with Gasteiger partial charge in [-0.25, -0.2) is 4.98 Å². The van der Waals surface area contributed by atoms with Crippen LogP contribution < -0.4 is 9.47 Å². The molecule has 1 amide bonds. The smallest absolute Gasteiger partial charge is 0.246 e. The standard InChI is InChI=1S/C29H30N2O4.3C2H6/c1-3-4-10-28(33)31-19-17-22(18-20-31)27-16-15-26(21(2)32)29(30-27)35-25-13-11-24(12-14-25)34-23-8-6-5-7-9-23;3*1-2/h4-16,22H,3,17-20H2,1-2H3;3*1-2H3/b10-4+;;;. The fourth-order valence-corrected chi connectivity index (χ4v) is 4.06. The van der Waals surface area contributed by atoms with Gasteiger partial charge < -0.3 is 14.4 Å². The van der Waals surface area contributed by atoms with Crippen molar-refractivity contribution in [1.29, 1.82) is 0 Å². The molecule has 0 atom stereocenters. The lowest BCUT2D eigenvalue weighted by Crippen LogP contribution is -2.37. The third kappa shape index (κ3) is 11.2. The van der Waals surface area contributed by atoms with Crippen LogP contribution in [0.3, 0.4) is 0 Å². The summed E-state index contributed by atoms with van der Waals surface area (Å²) in [6, 6.07) is 20.5. The molecule has 1 saturated heterocycles. The highest BCUT2D eigenvalue weighted by Gasteiger charge is 2.25. The molecule has 1 aromatic heterocycles. The van der Waals surface area contributed by atoms with E-state index in [4.69, 9.17) is 14.5 Å². The van der Waals surface area contributed by atoms with Gasteiger partial charge in [0, 0.05) is 24.7 Å². The van der Waals surface area contributed by atoms with Crippen LogP contribution in [0.4, 0.5) is 0 Å². The highest BCUT2D eigenvalue weighted by molar-refractivity contribution is 5.96. The fourth-order valence-electron chi connectivity index (χ4n) is 4.06. The molecule has 0 unspecified atom stereocenters. The van der Waals surface area contributed by atoms with E-state index in [1.54, 1.807) is 24.3 Å². The van der Waals surface area contributed by atoms with Crippen molar-refractivity contribution in [1.82, 2.24) is 9.88 Å². The molecule has 2 aromatic carbocycles. The summed E-state index contributed by atoms with van der Waals surface area (Å²) in [5, 5.41) is 0. The first-order valence-corrected chi connectivity index (χ1v) is 15.0. The number of hydrogen-bond acceptors (Lipinski definition) is 5. The van der Waals surface area contributed by atoms with Crippen LogP contribution >= 0.6 is 0 Å². The molecule has 41 heavy (non-hydrogen) atoms. The maximum atomic E-state index is 12.3. The number of pyridine rings is 1. The Bertz CT molecular complexity index is 1180. The molecule has 0 N–H and O–H groups in total. The number of ether oxygens (including phenoxy) is 2. The van der Waals surface area contributed by atoms with E-state index in [1.807, 2.05) is 108 Å². The Labute approximate surface area is 247 Å². The number of rotatable bonds is 8. The minimum Gasteiger partial charge on any atom is -0.457 e. The largest absolute Gasteiger partial charge is 0.457 e. The van der Waals surface area contributed by atoms with Crippen LogP contribution in [0.15, 0.2) is 78.9 Å². The Hall–Kier alpha value is -3.93. The summed E-state index contributed by atoms with van der Waals surface area (Å²) in [6.07, 6.45) is 6.04. The molecule has 0 bridgehead atoms. The maximum absolute atomic E-state index is 12.3. The lowest BCUT2D eigenvalue weighted by molar-refractivity contribution is -0.127. The Kier molecular flexibility index (Phi) is 17.1. The summed E-state index contributed by atoms with van der Waals surface area (Å²) in [4.78, 5) is 31.1. The van der Waals surface area contributed by atoms with Crippen molar-refractivity contribution >= 4 is 11.7 Å². The topological polar surface area (TPSA) is 68.7 Å². The summed E-state index contributed by atoms with van der Waals surface area (Å²) in [5.74, 6) is 2.48. The highest BCUT2D eigenvalue weighted by atomic mass is 16.5. The van der Waals surface area contributed by atoms with Gasteiger partial charge in [0.2, 0.25) is 11.8 Å². The number of aromatic nitrogens is 1. The van der Waals surface area contributed by atoms with E-state index < -0.39 is 0 Å². The Morgan fingerprint density at radius 2 is 1.34 bits per heavy atom. The number of carbonyl (C=O) groups excluding carboxylic acids is 2. The van der Waals surface area contributed by atoms with Crippen LogP contribution in [0.1, 0.15) is 96.6 Å². The minimum absolute atomic E-state index is 0.0638. The summed E-state index contributed by atoms with van der Waals surface area (Å²) < 4.78 is 11.9. The molecule has 6 heteroatoms. The number of carbonyl (C=O) groups is 2. The molecule has 0 saturated carbocycles. The van der Waals surface area contributed by atoms with Gasteiger partial charge in [-0.05, 0) is 80.8 Å². The predicted octanol–water partition coefficient (Wildman–Crippen LogP) is 9.62. The Morgan fingerprint density at radius 3 is 1.88 bits per heavy atom. The molecule has 1 aliphatic heterocycles. The van der Waals surface area contributed by atoms with Crippen LogP contribution in [0.5, 0.6) is 23.1 Å². The average Bonchev–Trinajstić information content (AvgIpc) is 3.04. The summed E-state index contributed by atoms with van der Waals surface area (Å²) in [5.41, 5.74) is 1.32. The van der Waals surface area contributed by atoms with Gasteiger partial charge in [-0.3, -0.25) is 9.59 Å². The van der Waals surface area contributed by atoms with Crippen molar-refractivity contribution in [3.05, 3.63) is 90.1 Å². The fraction of sp³-hybridized carbons (Fsp3) is 0.400. The molecule has 222 valence electrons. The highest BCUT2D eigenvalue weighted by Crippen LogP contribution is 2.32. The molecular formula is C35H48N2O4. The summed E-state index contributed by atoms with van der Waals surface area (Å²) in [7, 11) is 0. The van der Waals surface area contributed by atoms with Gasteiger partial charge in [0.25, 0.3) is 0 Å². The zero-order valence-corrected chi connectivity index (χ0v) is 26.1. The van der Waals surface area contributed by atoms with Crippen molar-refractivity contribution < 1.29 is 19.1 Å². The van der Waals surface area contributed by atoms with Gasteiger partial charge in [0.05, 0.1) is 5.56 Å². The SMILES string of the molecule is CC.CC.CC.CC/C=C/C(=O)N1CCC(c2ccc(C(C)=O)c(Oc3ccc(Oc4ccccc4)cc3)n2)CC1. The van der Waals surface area contributed by atoms with Gasteiger partial charge in [0.15, 0.2) is 5.78 Å². The second-order valence-electron chi connectivity index (χ2n) is 8.54. The molecule has 0 radical (unpaired) electrons. The van der Waals surface area contributed by atoms with E-state index in [0.29, 0.717) is 36.0 Å². The zero-order valence-electron chi connectivity index (χ0n) is 26.1. The van der Waals surface area contributed by atoms with Crippen molar-refractivity contribution in [2.75, 3.05) is 13.1 Å². The van der Waals surface area contributed by atoms with E-state index >= 15 is 0 Å². The van der Waals surface area contributed by atoms with E-state index in [-0.39, 0.29) is 17.6 Å². The first-order valence-electron chi connectivity index (χ1n) is 15.0. The number of amides is 1. The van der Waals surface area contributed by atoms with Gasteiger partial charge in [-0.2, -0.15) is 0 Å². The second-order valence-corrected chi connectivity index (χ2v) is 8.54. The molecule has 6 nitrogen and oxygen atoms in total. The van der Waals surface area contributed by atoms with Crippen LogP contribution in [-0.4, -0.2) is 34.7 Å². The third-order valence-corrected chi connectivity index (χ3v) is 6.00. The monoisotopic (exact) mass is 560 g/mol. The molecule has 4 rings (SSSR count). The van der Waals surface area contributed by atoms with E-state index in [0.717, 1.165) is 30.7 Å². The number of para-hydroxylation sites is 1. The number of hydrogen-bond donors (Lipinski definition) is 0. The van der Waals surface area contributed by atoms with Gasteiger partial charge in [-0.15, -0.1) is 0 Å². The van der Waals surface area contributed by atoms with Crippen molar-refractivity contribution in [3.63, 3.8) is 0 Å². The normalized spacial score (nSPS) is 12.5. The van der Waals surface area contributed by atoms with Crippen molar-refractivity contribution in [2.45, 2.75) is 80.6 Å². The number of piperidine rings is 1. The Morgan fingerprint density at radius 1 is 0.805 bits per heavy atom. The number of likely N-dealkylation sites (tertiary alicyclic amines) is 1. The number of benzene rings is 2. The first kappa shape index (κ1) is 35.1. The molecule has 0 spiro atoms. The number of Topliss-reactive ketones (excluding diaryl/α,β-unsaturated/α-hetero) is 1. The van der Waals surface area contributed by atoms with Gasteiger partial charge in [0.1, 0.15) is 17.2 Å². The second kappa shape index (κ2) is 20.0. The lowest BCUT2D eigenvalue weighted by atomic mass is 9.92. The van der Waals surface area contributed by atoms with E-state index in [2.05, 4.69) is 0 Å². The van der Waals surface area contributed by atoms with Crippen LogP contribution in [-0.2, 0) is 4.79 Å². The minimum atomic E-state index is -0.105. The van der Waals surface area contributed by atoms with Crippen molar-refractivity contribution in [2.24, 2.45) is 0 Å². The average molecular weight is 561 g/mol. The zero-order chi connectivity index (χ0) is 30.6. The van der Waals surface area contributed by atoms with Gasteiger partial charge >= 0.3 is 0 Å². The van der Waals surface area contributed by atoms with Crippen LogP contribution in [0.25, 0.3) is 0 Å². The number of nitrogens with zero attached hydrogens (tertiary/aromatic N) is 2. The first-order chi connectivity index (χ1) is 20.0. The number of ketones is 1. The third-order valence-electron chi connectivity index (χ3n) is 6.00. The molecule has 1 fully saturated rings. The molecule has 3 aromatic rings. The quantitative estimate of drug-likeness (QED) is 0.203. The van der Waals surface area contributed by atoms with E-state index in [1.165, 1.54) is 6.92 Å². The van der Waals surface area contributed by atoms with Crippen LogP contribution in [0.2, 0.25) is 0 Å². The Balaban J connectivity index is 0.00000131. The van der Waals surface area contributed by atoms with Crippen molar-refractivity contribution in [3.8, 4) is 23.1 Å². The molecular weight excluding hydrogens is 512 g/mol. The predicted molar refractivity (Wildman–Crippen MR) is 169 cm³/mol. The summed E-state index contributed by atoms with van der Waals surface area (Å²) in [6.45, 7) is 16.9.